The number of rotatable bonds is 9. The molecule has 3 rings (SSSR count). The molecule has 0 saturated carbocycles. The summed E-state index contributed by atoms with van der Waals surface area (Å²) in [5.74, 6) is 1.64. The van der Waals surface area contributed by atoms with Crippen molar-refractivity contribution in [1.29, 1.82) is 0 Å². The largest absolute Gasteiger partial charge is 0.469 e. The molecule has 162 valence electrons. The van der Waals surface area contributed by atoms with Crippen LogP contribution in [0.25, 0.3) is 0 Å². The average Bonchev–Trinajstić information content (AvgIpc) is 3.41. The molecule has 9 heteroatoms. The normalized spacial score (nSPS) is 17.4. The Morgan fingerprint density at radius 1 is 1.28 bits per heavy atom. The van der Waals surface area contributed by atoms with Gasteiger partial charge in [-0.25, -0.2) is 4.99 Å². The summed E-state index contributed by atoms with van der Waals surface area (Å²) < 4.78 is 10.8. The first-order valence-electron chi connectivity index (χ1n) is 9.73. The molecule has 1 fully saturated rings. The van der Waals surface area contributed by atoms with E-state index in [-0.39, 0.29) is 30.5 Å². The van der Waals surface area contributed by atoms with E-state index in [1.807, 2.05) is 29.0 Å². The van der Waals surface area contributed by atoms with Crippen LogP contribution in [0.5, 0.6) is 0 Å². The van der Waals surface area contributed by atoms with Gasteiger partial charge in [0.25, 0.3) is 0 Å². The number of hydrogen-bond acceptors (Lipinski definition) is 6. The number of nitrogens with one attached hydrogen (secondary N) is 2. The third-order valence-corrected chi connectivity index (χ3v) is 5.44. The van der Waals surface area contributed by atoms with E-state index < -0.39 is 5.60 Å². The Bertz CT molecular complexity index is 701. The zero-order valence-corrected chi connectivity index (χ0v) is 19.9. The second-order valence-electron chi connectivity index (χ2n) is 7.09. The maximum Gasteiger partial charge on any atom is 0.191 e. The van der Waals surface area contributed by atoms with E-state index in [1.165, 1.54) is 0 Å². The van der Waals surface area contributed by atoms with Gasteiger partial charge in [0.05, 0.1) is 26.0 Å². The van der Waals surface area contributed by atoms with Crippen molar-refractivity contribution in [2.45, 2.75) is 18.9 Å². The van der Waals surface area contributed by atoms with E-state index in [0.717, 1.165) is 57.1 Å². The summed E-state index contributed by atoms with van der Waals surface area (Å²) in [5.41, 5.74) is -0.0932. The molecule has 0 aliphatic carbocycles. The molecule has 0 bridgehead atoms. The second kappa shape index (κ2) is 12.5. The van der Waals surface area contributed by atoms with Crippen molar-refractivity contribution in [1.82, 2.24) is 15.5 Å². The third kappa shape index (κ3) is 8.25. The van der Waals surface area contributed by atoms with Crippen LogP contribution in [-0.2, 0) is 16.8 Å². The van der Waals surface area contributed by atoms with E-state index in [9.17, 15) is 5.11 Å². The van der Waals surface area contributed by atoms with Crippen LogP contribution in [0.4, 0.5) is 0 Å². The van der Waals surface area contributed by atoms with Gasteiger partial charge >= 0.3 is 0 Å². The maximum atomic E-state index is 10.7. The number of halogens is 1. The van der Waals surface area contributed by atoms with Crippen LogP contribution in [0.1, 0.15) is 18.2 Å². The molecule has 1 saturated heterocycles. The highest BCUT2D eigenvalue weighted by Crippen LogP contribution is 2.23. The molecule has 3 N–H and O–H groups in total. The van der Waals surface area contributed by atoms with Gasteiger partial charge < -0.3 is 24.9 Å². The molecule has 1 unspecified atom stereocenters. The van der Waals surface area contributed by atoms with Crippen molar-refractivity contribution in [3.8, 4) is 0 Å². The maximum absolute atomic E-state index is 10.7. The lowest BCUT2D eigenvalue weighted by Gasteiger charge is -2.27. The van der Waals surface area contributed by atoms with E-state index in [2.05, 4.69) is 20.5 Å². The summed E-state index contributed by atoms with van der Waals surface area (Å²) in [4.78, 5) is 7.00. The van der Waals surface area contributed by atoms with Gasteiger partial charge in [-0.15, -0.1) is 24.0 Å². The Balaban J connectivity index is 0.00000300. The van der Waals surface area contributed by atoms with Crippen molar-refractivity contribution in [2.24, 2.45) is 4.99 Å². The van der Waals surface area contributed by atoms with E-state index in [4.69, 9.17) is 9.15 Å². The minimum atomic E-state index is -0.986. The molecule has 0 aromatic carbocycles. The van der Waals surface area contributed by atoms with Gasteiger partial charge in [0.15, 0.2) is 5.96 Å². The van der Waals surface area contributed by atoms with Gasteiger partial charge in [0.2, 0.25) is 0 Å². The summed E-state index contributed by atoms with van der Waals surface area (Å²) >= 11 is 1.58. The highest BCUT2D eigenvalue weighted by molar-refractivity contribution is 14.0. The van der Waals surface area contributed by atoms with Crippen LogP contribution in [-0.4, -0.2) is 68.4 Å². The topological polar surface area (TPSA) is 82.3 Å². The minimum absolute atomic E-state index is 0. The highest BCUT2D eigenvalue weighted by Gasteiger charge is 2.23. The number of aliphatic hydroxyl groups is 1. The number of thiophene rings is 1. The van der Waals surface area contributed by atoms with Gasteiger partial charge in [-0.2, -0.15) is 11.3 Å². The first kappa shape index (κ1) is 24.1. The number of furan rings is 1. The Kier molecular flexibility index (Phi) is 10.4. The summed E-state index contributed by atoms with van der Waals surface area (Å²) in [7, 11) is 0. The Morgan fingerprint density at radius 2 is 2.07 bits per heavy atom. The van der Waals surface area contributed by atoms with Gasteiger partial charge in [0, 0.05) is 39.1 Å². The summed E-state index contributed by atoms with van der Waals surface area (Å²) in [6.07, 6.45) is 2.46. The molecular weight excluding hydrogens is 503 g/mol. The van der Waals surface area contributed by atoms with Crippen molar-refractivity contribution >= 4 is 41.3 Å². The van der Waals surface area contributed by atoms with Crippen LogP contribution < -0.4 is 10.6 Å². The quantitative estimate of drug-likeness (QED) is 0.260. The van der Waals surface area contributed by atoms with E-state index >= 15 is 0 Å². The molecule has 3 heterocycles. The van der Waals surface area contributed by atoms with Crippen molar-refractivity contribution in [3.05, 3.63) is 46.5 Å². The Hall–Kier alpha value is -1.14. The smallest absolute Gasteiger partial charge is 0.191 e. The molecule has 2 aromatic heterocycles. The molecular formula is C20H31IN4O3S. The van der Waals surface area contributed by atoms with E-state index in [1.54, 1.807) is 24.5 Å². The molecule has 1 aliphatic rings. The molecule has 29 heavy (non-hydrogen) atoms. The van der Waals surface area contributed by atoms with Gasteiger partial charge in [0.1, 0.15) is 11.4 Å². The number of aliphatic imine (C=N–C) groups is 1. The van der Waals surface area contributed by atoms with E-state index in [0.29, 0.717) is 12.5 Å². The average molecular weight is 534 g/mol. The lowest BCUT2D eigenvalue weighted by atomic mass is 10.00. The molecule has 7 nitrogen and oxygen atoms in total. The fraction of sp³-hybridized carbons (Fsp3) is 0.550. The summed E-state index contributed by atoms with van der Waals surface area (Å²) in [5, 5.41) is 21.4. The Morgan fingerprint density at radius 3 is 2.76 bits per heavy atom. The fourth-order valence-corrected chi connectivity index (χ4v) is 3.77. The van der Waals surface area contributed by atoms with Crippen molar-refractivity contribution < 1.29 is 14.3 Å². The second-order valence-corrected chi connectivity index (χ2v) is 7.87. The minimum Gasteiger partial charge on any atom is -0.469 e. The zero-order valence-electron chi connectivity index (χ0n) is 16.8. The number of ether oxygens (including phenoxy) is 1. The number of nitrogens with zero attached hydrogens (tertiary/aromatic N) is 2. The van der Waals surface area contributed by atoms with Crippen molar-refractivity contribution in [3.63, 3.8) is 0 Å². The molecule has 0 spiro atoms. The van der Waals surface area contributed by atoms with Crippen LogP contribution >= 0.6 is 35.3 Å². The van der Waals surface area contributed by atoms with Crippen LogP contribution in [0, 0.1) is 0 Å². The van der Waals surface area contributed by atoms with Crippen LogP contribution in [0.3, 0.4) is 0 Å². The molecule has 0 amide bonds. The van der Waals surface area contributed by atoms with Gasteiger partial charge in [-0.3, -0.25) is 4.90 Å². The molecule has 1 aliphatic heterocycles. The van der Waals surface area contributed by atoms with Crippen molar-refractivity contribution in [2.75, 3.05) is 52.5 Å². The first-order valence-corrected chi connectivity index (χ1v) is 10.7. The Labute approximate surface area is 193 Å². The molecule has 0 radical (unpaired) electrons. The predicted molar refractivity (Wildman–Crippen MR) is 127 cm³/mol. The lowest BCUT2D eigenvalue weighted by molar-refractivity contribution is 0.0389. The standard InChI is InChI=1S/C20H30N4O3S.HI/c1-20(25,17-5-14-28-15-17)16-23-19(21-6-4-18-3-2-11-27-18)22-7-8-24-9-12-26-13-10-24;/h2-3,5,11,14-15,25H,4,6-10,12-13,16H2,1H3,(H2,21,22,23);1H. The predicted octanol–water partition coefficient (Wildman–Crippen LogP) is 2.28. The zero-order chi connectivity index (χ0) is 19.7. The number of morpholine rings is 1. The lowest BCUT2D eigenvalue weighted by Crippen LogP contribution is -2.45. The first-order chi connectivity index (χ1) is 13.6. The number of hydrogen-bond donors (Lipinski definition) is 3. The van der Waals surface area contributed by atoms with Gasteiger partial charge in [-0.1, -0.05) is 0 Å². The monoisotopic (exact) mass is 534 g/mol. The highest BCUT2D eigenvalue weighted by atomic mass is 127. The third-order valence-electron chi connectivity index (χ3n) is 4.76. The van der Waals surface area contributed by atoms with Crippen LogP contribution in [0.2, 0.25) is 0 Å². The summed E-state index contributed by atoms with van der Waals surface area (Å²) in [6.45, 7) is 8.04. The molecule has 2 aromatic rings. The summed E-state index contributed by atoms with van der Waals surface area (Å²) in [6, 6.07) is 5.80. The molecule has 1 atom stereocenters. The number of guanidine groups is 1. The SMILES string of the molecule is CC(O)(CN=C(NCCc1ccco1)NCCN1CCOCC1)c1ccsc1.I. The fourth-order valence-electron chi connectivity index (χ4n) is 2.99. The van der Waals surface area contributed by atoms with Crippen LogP contribution in [0.15, 0.2) is 44.6 Å². The van der Waals surface area contributed by atoms with Gasteiger partial charge in [-0.05, 0) is 41.4 Å².